The van der Waals surface area contributed by atoms with Crippen molar-refractivity contribution in [2.24, 2.45) is 0 Å². The van der Waals surface area contributed by atoms with Crippen LogP contribution in [0.5, 0.6) is 5.06 Å². The van der Waals surface area contributed by atoms with Crippen molar-refractivity contribution in [2.45, 2.75) is 0 Å². The summed E-state index contributed by atoms with van der Waals surface area (Å²) in [4.78, 5) is 0. The lowest BCUT2D eigenvalue weighted by Crippen LogP contribution is -2.39. The molecule has 0 aliphatic heterocycles. The summed E-state index contributed by atoms with van der Waals surface area (Å²) in [5.41, 5.74) is 6.68. The summed E-state index contributed by atoms with van der Waals surface area (Å²) in [6.07, 6.45) is 0. The summed E-state index contributed by atoms with van der Waals surface area (Å²) in [7, 11) is 0. The van der Waals surface area contributed by atoms with E-state index in [4.69, 9.17) is 15.9 Å². The number of thiophene rings is 1. The van der Waals surface area contributed by atoms with Crippen LogP contribution in [-0.2, 0) is 0 Å². The highest BCUT2D eigenvalue weighted by Crippen LogP contribution is 2.34. The molecule has 0 atom stereocenters. The molecule has 2 heterocycles. The molecule has 94 valence electrons. The fourth-order valence-electron chi connectivity index (χ4n) is 1.84. The molecule has 2 rings (SSSR count). The van der Waals surface area contributed by atoms with E-state index in [1.54, 1.807) is 21.8 Å². The zero-order chi connectivity index (χ0) is 12.4. The summed E-state index contributed by atoms with van der Waals surface area (Å²) in [5.74, 6) is 0.521. The average Bonchev–Trinajstić information content (AvgIpc) is 2.72. The minimum absolute atomic E-state index is 0.0325. The molecule has 0 fully saturated rings. The van der Waals surface area contributed by atoms with Gasteiger partial charge in [-0.25, -0.2) is 4.68 Å². The molecule has 0 amide bonds. The maximum atomic E-state index is 9.45. The van der Waals surface area contributed by atoms with Crippen molar-refractivity contribution in [2.75, 3.05) is 37.0 Å². The molecular weight excluding hydrogens is 242 g/mol. The Hall–Kier alpha value is -1.44. The van der Waals surface area contributed by atoms with Gasteiger partial charge in [-0.05, 0) is 6.07 Å². The standard InChI is InChI=1S/C10H15N3O3S/c11-9-6-8-7(5-10(16)17-8)13(9)12(1-3-14)2-4-15/h5-6,14-16H,1-4,11H2. The number of aliphatic hydroxyl groups is 2. The van der Waals surface area contributed by atoms with E-state index in [0.717, 1.165) is 10.2 Å². The van der Waals surface area contributed by atoms with Gasteiger partial charge in [-0.3, -0.25) is 0 Å². The molecule has 0 spiro atoms. The molecule has 6 nitrogen and oxygen atoms in total. The van der Waals surface area contributed by atoms with Gasteiger partial charge in [0.05, 0.1) is 36.5 Å². The largest absolute Gasteiger partial charge is 0.499 e. The Balaban J connectivity index is 2.45. The van der Waals surface area contributed by atoms with Gasteiger partial charge in [-0.15, -0.1) is 0 Å². The SMILES string of the molecule is Nc1cc2sc(O)cc2n1N(CCO)CCO. The van der Waals surface area contributed by atoms with Gasteiger partial charge in [-0.1, -0.05) is 11.3 Å². The first-order chi connectivity index (χ1) is 8.17. The van der Waals surface area contributed by atoms with Crippen molar-refractivity contribution < 1.29 is 15.3 Å². The van der Waals surface area contributed by atoms with Crippen molar-refractivity contribution in [1.29, 1.82) is 0 Å². The highest BCUT2D eigenvalue weighted by molar-refractivity contribution is 7.20. The summed E-state index contributed by atoms with van der Waals surface area (Å²) in [6, 6.07) is 3.39. The lowest BCUT2D eigenvalue weighted by molar-refractivity contribution is 0.267. The van der Waals surface area contributed by atoms with Crippen LogP contribution in [0.4, 0.5) is 5.82 Å². The van der Waals surface area contributed by atoms with Crippen molar-refractivity contribution in [1.82, 2.24) is 4.68 Å². The predicted octanol–water partition coefficient (Wildman–Crippen LogP) is -0.0868. The molecule has 0 unspecified atom stereocenters. The van der Waals surface area contributed by atoms with E-state index < -0.39 is 0 Å². The van der Waals surface area contributed by atoms with E-state index in [9.17, 15) is 5.11 Å². The number of hydrogen-bond acceptors (Lipinski definition) is 6. The molecule has 0 aromatic carbocycles. The number of nitrogen functional groups attached to an aromatic ring is 1. The van der Waals surface area contributed by atoms with Crippen LogP contribution < -0.4 is 10.7 Å². The van der Waals surface area contributed by atoms with Crippen molar-refractivity contribution in [3.05, 3.63) is 12.1 Å². The highest BCUT2D eigenvalue weighted by Gasteiger charge is 2.15. The monoisotopic (exact) mass is 257 g/mol. The van der Waals surface area contributed by atoms with Crippen LogP contribution in [0.2, 0.25) is 0 Å². The zero-order valence-electron chi connectivity index (χ0n) is 9.20. The lowest BCUT2D eigenvalue weighted by atomic mass is 10.5. The first kappa shape index (κ1) is 12.0. The van der Waals surface area contributed by atoms with Crippen molar-refractivity contribution >= 4 is 27.4 Å². The second-order valence-corrected chi connectivity index (χ2v) is 4.68. The Morgan fingerprint density at radius 2 is 1.88 bits per heavy atom. The summed E-state index contributed by atoms with van der Waals surface area (Å²) < 4.78 is 2.58. The molecule has 0 aliphatic carbocycles. The topological polar surface area (TPSA) is 94.9 Å². The Morgan fingerprint density at radius 1 is 1.24 bits per heavy atom. The maximum absolute atomic E-state index is 9.45. The molecule has 2 aromatic heterocycles. The molecule has 0 bridgehead atoms. The lowest BCUT2D eigenvalue weighted by Gasteiger charge is -2.26. The van der Waals surface area contributed by atoms with Crippen LogP contribution in [0.15, 0.2) is 12.1 Å². The molecule has 7 heteroatoms. The number of nitrogens with zero attached hydrogens (tertiary/aromatic N) is 2. The van der Waals surface area contributed by atoms with Crippen LogP contribution in [0.1, 0.15) is 0 Å². The van der Waals surface area contributed by atoms with Gasteiger partial charge in [0.2, 0.25) is 0 Å². The molecule has 0 radical (unpaired) electrons. The second-order valence-electron chi connectivity index (χ2n) is 3.62. The quantitative estimate of drug-likeness (QED) is 0.600. The fraction of sp³-hybridized carbons (Fsp3) is 0.400. The minimum atomic E-state index is -0.0325. The normalized spacial score (nSPS) is 11.2. The van der Waals surface area contributed by atoms with Crippen LogP contribution in [-0.4, -0.2) is 46.3 Å². The van der Waals surface area contributed by atoms with Gasteiger partial charge in [0.15, 0.2) is 5.06 Å². The first-order valence-corrected chi connectivity index (χ1v) is 6.05. The van der Waals surface area contributed by atoms with E-state index in [1.807, 2.05) is 0 Å². The number of aromatic hydroxyl groups is 1. The molecular formula is C10H15N3O3S. The Bertz CT molecular complexity index is 502. The summed E-state index contributed by atoms with van der Waals surface area (Å²) >= 11 is 1.24. The van der Waals surface area contributed by atoms with E-state index >= 15 is 0 Å². The Kier molecular flexibility index (Phi) is 3.41. The van der Waals surface area contributed by atoms with Gasteiger partial charge in [0.1, 0.15) is 5.82 Å². The molecule has 2 aromatic rings. The van der Waals surface area contributed by atoms with E-state index in [-0.39, 0.29) is 18.3 Å². The maximum Gasteiger partial charge on any atom is 0.173 e. The zero-order valence-corrected chi connectivity index (χ0v) is 10.0. The van der Waals surface area contributed by atoms with Gasteiger partial charge >= 0.3 is 0 Å². The molecule has 0 saturated heterocycles. The van der Waals surface area contributed by atoms with Crippen LogP contribution in [0, 0.1) is 0 Å². The van der Waals surface area contributed by atoms with E-state index in [1.165, 1.54) is 11.3 Å². The van der Waals surface area contributed by atoms with Crippen molar-refractivity contribution in [3.8, 4) is 5.06 Å². The average molecular weight is 257 g/mol. The number of anilines is 1. The smallest absolute Gasteiger partial charge is 0.173 e. The second kappa shape index (κ2) is 4.82. The number of hydrogen-bond donors (Lipinski definition) is 4. The molecule has 0 aliphatic rings. The number of nitrogens with two attached hydrogens (primary N) is 1. The molecule has 5 N–H and O–H groups in total. The first-order valence-electron chi connectivity index (χ1n) is 5.24. The summed E-state index contributed by atoms with van der Waals surface area (Å²) in [6.45, 7) is 0.667. The Labute approximate surface area is 102 Å². The molecule has 0 saturated carbocycles. The van der Waals surface area contributed by atoms with Crippen LogP contribution in [0.25, 0.3) is 10.2 Å². The van der Waals surface area contributed by atoms with Gasteiger partial charge in [-0.2, -0.15) is 0 Å². The van der Waals surface area contributed by atoms with Crippen LogP contribution >= 0.6 is 11.3 Å². The summed E-state index contributed by atoms with van der Waals surface area (Å²) in [5, 5.41) is 29.4. The van der Waals surface area contributed by atoms with Gasteiger partial charge in [0, 0.05) is 6.07 Å². The van der Waals surface area contributed by atoms with Crippen molar-refractivity contribution in [3.63, 3.8) is 0 Å². The number of fused-ring (bicyclic) bond motifs is 1. The fourth-order valence-corrected chi connectivity index (χ4v) is 2.67. The number of rotatable bonds is 5. The Morgan fingerprint density at radius 3 is 2.47 bits per heavy atom. The van der Waals surface area contributed by atoms with E-state index in [2.05, 4.69) is 0 Å². The molecule has 17 heavy (non-hydrogen) atoms. The third-order valence-corrected chi connectivity index (χ3v) is 3.35. The van der Waals surface area contributed by atoms with E-state index in [0.29, 0.717) is 18.9 Å². The minimum Gasteiger partial charge on any atom is -0.499 e. The third kappa shape index (κ3) is 2.17. The van der Waals surface area contributed by atoms with Crippen LogP contribution in [0.3, 0.4) is 0 Å². The number of aliphatic hydroxyl groups excluding tert-OH is 2. The highest BCUT2D eigenvalue weighted by atomic mass is 32.1. The third-order valence-electron chi connectivity index (χ3n) is 2.48. The number of aromatic nitrogens is 1. The predicted molar refractivity (Wildman–Crippen MR) is 68.0 cm³/mol. The van der Waals surface area contributed by atoms with Gasteiger partial charge in [0.25, 0.3) is 0 Å². The van der Waals surface area contributed by atoms with Gasteiger partial charge < -0.3 is 26.1 Å².